The molecule has 7 amide bonds. The third-order valence-corrected chi connectivity index (χ3v) is 10.6. The highest BCUT2D eigenvalue weighted by molar-refractivity contribution is 6.24. The number of benzene rings is 3. The number of imide groups is 2. The van der Waals surface area contributed by atoms with E-state index in [9.17, 15) is 38.4 Å². The molecule has 20 heteroatoms. The van der Waals surface area contributed by atoms with E-state index in [-0.39, 0.29) is 54.4 Å². The minimum atomic E-state index is -1.11. The number of aryl methyl sites for hydroxylation is 1. The van der Waals surface area contributed by atoms with Gasteiger partial charge in [0, 0.05) is 51.3 Å². The van der Waals surface area contributed by atoms with Gasteiger partial charge in [-0.05, 0) is 79.6 Å². The van der Waals surface area contributed by atoms with Crippen molar-refractivity contribution in [2.45, 2.75) is 63.5 Å². The van der Waals surface area contributed by atoms with E-state index in [0.29, 0.717) is 108 Å². The first kappa shape index (κ1) is 51.1. The average Bonchev–Trinajstić information content (AvgIpc) is 3.58. The fourth-order valence-corrected chi connectivity index (χ4v) is 7.21. The van der Waals surface area contributed by atoms with E-state index >= 15 is 0 Å². The van der Waals surface area contributed by atoms with Crippen molar-refractivity contribution in [3.63, 3.8) is 0 Å². The third-order valence-electron chi connectivity index (χ3n) is 10.6. The SMILES string of the molecule is COc1ccc(CC[C@@H](OC=O)c2cccc(NC(=O)CCC(=O)NCCCOCCOCCOCCCNC(=O)COc3cccc4c3C(=O)N(C3CCC(=O)NC3=O)C4=O)c2)cc1OC. The highest BCUT2D eigenvalue weighted by Crippen LogP contribution is 2.34. The van der Waals surface area contributed by atoms with Gasteiger partial charge in [-0.3, -0.25) is 48.6 Å². The summed E-state index contributed by atoms with van der Waals surface area (Å²) < 4.78 is 38.2. The predicted octanol–water partition coefficient (Wildman–Crippen LogP) is 2.81. The number of piperidine rings is 1. The number of amides is 7. The second kappa shape index (κ2) is 26.9. The van der Waals surface area contributed by atoms with Gasteiger partial charge in [0.1, 0.15) is 17.9 Å². The maximum atomic E-state index is 13.2. The molecular weight excluding hydrogens is 875 g/mol. The number of carbonyl (C=O) groups excluding carboxylic acids is 8. The lowest BCUT2D eigenvalue weighted by Gasteiger charge is -2.27. The van der Waals surface area contributed by atoms with E-state index in [4.69, 9.17) is 33.2 Å². The van der Waals surface area contributed by atoms with Crippen LogP contribution in [0.15, 0.2) is 60.7 Å². The van der Waals surface area contributed by atoms with Crippen LogP contribution in [0.4, 0.5) is 5.69 Å². The number of fused-ring (bicyclic) bond motifs is 1. The summed E-state index contributed by atoms with van der Waals surface area (Å²) in [7, 11) is 3.13. The lowest BCUT2D eigenvalue weighted by atomic mass is 10.0. The van der Waals surface area contributed by atoms with Crippen molar-refractivity contribution >= 4 is 53.5 Å². The Kier molecular flexibility index (Phi) is 20.5. The van der Waals surface area contributed by atoms with Gasteiger partial charge in [0.25, 0.3) is 24.2 Å². The number of nitrogens with zero attached hydrogens (tertiary/aromatic N) is 1. The Bertz CT molecular complexity index is 2220. The number of hydrogen-bond donors (Lipinski definition) is 4. The van der Waals surface area contributed by atoms with Gasteiger partial charge in [-0.15, -0.1) is 0 Å². The smallest absolute Gasteiger partial charge is 0.293 e. The Morgan fingerprint density at radius 1 is 0.761 bits per heavy atom. The maximum absolute atomic E-state index is 13.2. The molecule has 2 heterocycles. The third kappa shape index (κ3) is 15.6. The average molecular weight is 932 g/mol. The molecule has 3 aromatic carbocycles. The van der Waals surface area contributed by atoms with E-state index < -0.39 is 48.3 Å². The van der Waals surface area contributed by atoms with E-state index in [1.807, 2.05) is 24.3 Å². The molecule has 0 spiro atoms. The van der Waals surface area contributed by atoms with E-state index in [1.54, 1.807) is 32.4 Å². The monoisotopic (exact) mass is 931 g/mol. The van der Waals surface area contributed by atoms with Crippen molar-refractivity contribution in [3.8, 4) is 17.2 Å². The first-order chi connectivity index (χ1) is 32.5. The van der Waals surface area contributed by atoms with E-state index in [2.05, 4.69) is 21.3 Å². The summed E-state index contributed by atoms with van der Waals surface area (Å²) >= 11 is 0. The summed E-state index contributed by atoms with van der Waals surface area (Å²) in [4.78, 5) is 99.5. The first-order valence-electron chi connectivity index (χ1n) is 22.0. The molecule has 20 nitrogen and oxygen atoms in total. The van der Waals surface area contributed by atoms with Crippen molar-refractivity contribution in [2.24, 2.45) is 0 Å². The molecule has 2 atom stereocenters. The molecule has 0 saturated carbocycles. The van der Waals surface area contributed by atoms with Crippen LogP contribution in [0.5, 0.6) is 17.2 Å². The Balaban J connectivity index is 0.836. The minimum Gasteiger partial charge on any atom is -0.493 e. The molecule has 5 rings (SSSR count). The number of methoxy groups -OCH3 is 2. The lowest BCUT2D eigenvalue weighted by molar-refractivity contribution is -0.136. The summed E-state index contributed by atoms with van der Waals surface area (Å²) in [5.41, 5.74) is 2.23. The molecule has 3 aromatic rings. The Morgan fingerprint density at radius 3 is 2.12 bits per heavy atom. The van der Waals surface area contributed by atoms with Crippen molar-refractivity contribution < 1.29 is 71.5 Å². The second-order valence-electron chi connectivity index (χ2n) is 15.3. The van der Waals surface area contributed by atoms with Crippen LogP contribution in [-0.2, 0) is 54.1 Å². The first-order valence-corrected chi connectivity index (χ1v) is 22.0. The number of carbonyl (C=O) groups is 8. The van der Waals surface area contributed by atoms with Gasteiger partial charge < -0.3 is 49.1 Å². The number of anilines is 1. The molecule has 2 aliphatic rings. The fourth-order valence-electron chi connectivity index (χ4n) is 7.21. The minimum absolute atomic E-state index is 0.0000764. The topological polar surface area (TPSA) is 253 Å². The van der Waals surface area contributed by atoms with Crippen molar-refractivity contribution in [3.05, 3.63) is 82.9 Å². The summed E-state index contributed by atoms with van der Waals surface area (Å²) in [6.45, 7) is 2.87. The molecule has 1 unspecified atom stereocenters. The highest BCUT2D eigenvalue weighted by atomic mass is 16.5. The molecule has 0 bridgehead atoms. The second-order valence-corrected chi connectivity index (χ2v) is 15.3. The summed E-state index contributed by atoms with van der Waals surface area (Å²) in [6.07, 6.45) is 1.66. The van der Waals surface area contributed by atoms with Crippen molar-refractivity contribution in [1.29, 1.82) is 0 Å². The van der Waals surface area contributed by atoms with Gasteiger partial charge in [-0.2, -0.15) is 0 Å². The van der Waals surface area contributed by atoms with Crippen LogP contribution < -0.4 is 35.5 Å². The van der Waals surface area contributed by atoms with Gasteiger partial charge in [0.15, 0.2) is 18.1 Å². The molecule has 0 radical (unpaired) electrons. The normalized spacial score (nSPS) is 14.7. The number of hydrogen-bond acceptors (Lipinski definition) is 15. The van der Waals surface area contributed by atoms with Crippen LogP contribution in [0.25, 0.3) is 0 Å². The van der Waals surface area contributed by atoms with E-state index in [1.165, 1.54) is 18.2 Å². The van der Waals surface area contributed by atoms with Crippen LogP contribution in [0.1, 0.15) is 82.9 Å². The summed E-state index contributed by atoms with van der Waals surface area (Å²) in [5.74, 6) is -2.36. The summed E-state index contributed by atoms with van der Waals surface area (Å²) in [6, 6.07) is 16.0. The molecule has 67 heavy (non-hydrogen) atoms. The van der Waals surface area contributed by atoms with Crippen LogP contribution in [0.3, 0.4) is 0 Å². The van der Waals surface area contributed by atoms with E-state index in [0.717, 1.165) is 10.5 Å². The highest BCUT2D eigenvalue weighted by Gasteiger charge is 2.46. The van der Waals surface area contributed by atoms with Crippen LogP contribution in [-0.4, -0.2) is 132 Å². The molecule has 0 aliphatic carbocycles. The van der Waals surface area contributed by atoms with Crippen LogP contribution in [0.2, 0.25) is 0 Å². The Labute approximate surface area is 387 Å². The fraction of sp³-hybridized carbons (Fsp3) is 0.447. The van der Waals surface area contributed by atoms with Crippen LogP contribution in [0, 0.1) is 0 Å². The molecule has 360 valence electrons. The zero-order chi connectivity index (χ0) is 48.0. The lowest BCUT2D eigenvalue weighted by Crippen LogP contribution is -2.54. The maximum Gasteiger partial charge on any atom is 0.293 e. The van der Waals surface area contributed by atoms with Gasteiger partial charge in [-0.1, -0.05) is 24.3 Å². The zero-order valence-corrected chi connectivity index (χ0v) is 37.6. The number of rotatable bonds is 30. The number of ether oxygens (including phenoxy) is 7. The molecule has 0 aromatic heterocycles. The molecule has 2 aliphatic heterocycles. The molecule has 1 saturated heterocycles. The van der Waals surface area contributed by atoms with Gasteiger partial charge in [0.2, 0.25) is 23.6 Å². The molecule has 1 fully saturated rings. The van der Waals surface area contributed by atoms with Crippen molar-refractivity contribution in [1.82, 2.24) is 20.9 Å². The van der Waals surface area contributed by atoms with Gasteiger partial charge >= 0.3 is 0 Å². The standard InChI is InChI=1S/C47H57N5O15/c1-61-37-15-12-31(27-39(37)62-2)11-14-36(67-30-53)32-7-3-8-33(28-32)50-41(55)18-17-40(54)48-19-5-21-63-23-25-65-26-24-64-22-6-20-49-43(57)29-66-38-10-4-9-34-44(38)47(60)52(46(34)59)35-13-16-42(56)51-45(35)58/h3-4,7-10,12,15,27-28,30,35-36H,5-6,11,13-14,16-26,29H2,1-2H3,(H,48,54)(H,49,57)(H,50,55)(H,51,56,58)/t35?,36-/m1/s1. The zero-order valence-electron chi connectivity index (χ0n) is 37.6. The largest absolute Gasteiger partial charge is 0.493 e. The summed E-state index contributed by atoms with van der Waals surface area (Å²) in [5, 5.41) is 10.4. The van der Waals surface area contributed by atoms with Gasteiger partial charge in [-0.25, -0.2) is 0 Å². The number of nitrogens with one attached hydrogen (secondary N) is 4. The Morgan fingerprint density at radius 2 is 1.43 bits per heavy atom. The molecular formula is C47H57N5O15. The van der Waals surface area contributed by atoms with Crippen LogP contribution >= 0.6 is 0 Å². The molecule has 4 N–H and O–H groups in total. The predicted molar refractivity (Wildman–Crippen MR) is 238 cm³/mol. The quantitative estimate of drug-likeness (QED) is 0.0426. The van der Waals surface area contributed by atoms with Gasteiger partial charge in [0.05, 0.1) is 51.8 Å². The van der Waals surface area contributed by atoms with Crippen molar-refractivity contribution in [2.75, 3.05) is 78.9 Å². The Hall–Kier alpha value is -6.90.